The van der Waals surface area contributed by atoms with E-state index >= 15 is 0 Å². The number of carbonyl (C=O) groups is 2. The quantitative estimate of drug-likeness (QED) is 0.865. The average Bonchev–Trinajstić information content (AvgIpc) is 2.90. The number of hydrogen-bond acceptors (Lipinski definition) is 5. The molecule has 0 aromatic carbocycles. The van der Waals surface area contributed by atoms with Gasteiger partial charge in [0.25, 0.3) is 5.91 Å². The predicted molar refractivity (Wildman–Crippen MR) is 82.3 cm³/mol. The van der Waals surface area contributed by atoms with Gasteiger partial charge in [-0.1, -0.05) is 0 Å². The van der Waals surface area contributed by atoms with Gasteiger partial charge in [0.1, 0.15) is 10.9 Å². The Morgan fingerprint density at radius 3 is 2.62 bits per heavy atom. The van der Waals surface area contributed by atoms with E-state index in [1.54, 1.807) is 4.90 Å². The maximum Gasteiger partial charge on any atom is 0.266 e. The summed E-state index contributed by atoms with van der Waals surface area (Å²) in [6.07, 6.45) is 0.501. The van der Waals surface area contributed by atoms with Gasteiger partial charge in [0.15, 0.2) is 0 Å². The van der Waals surface area contributed by atoms with Crippen LogP contribution in [-0.4, -0.2) is 46.4 Å². The summed E-state index contributed by atoms with van der Waals surface area (Å²) in [5, 5.41) is 3.71. The van der Waals surface area contributed by atoms with E-state index in [9.17, 15) is 9.59 Å². The SMILES string of the molecule is Cc1nc(C)c(C(=O)N2C[C@@H](N)C[C@H]2C(=O)NC(C)C)s1. The molecule has 0 spiro atoms. The highest BCUT2D eigenvalue weighted by Gasteiger charge is 2.39. The van der Waals surface area contributed by atoms with Gasteiger partial charge in [-0.3, -0.25) is 9.59 Å². The molecule has 7 heteroatoms. The maximum absolute atomic E-state index is 12.7. The van der Waals surface area contributed by atoms with Crippen molar-refractivity contribution in [3.8, 4) is 0 Å². The summed E-state index contributed by atoms with van der Waals surface area (Å²) in [5.74, 6) is -0.278. The second-order valence-electron chi connectivity index (χ2n) is 5.78. The molecule has 21 heavy (non-hydrogen) atoms. The fraction of sp³-hybridized carbons (Fsp3) is 0.643. The molecule has 1 aliphatic heterocycles. The van der Waals surface area contributed by atoms with E-state index in [0.29, 0.717) is 23.5 Å². The highest BCUT2D eigenvalue weighted by atomic mass is 32.1. The molecule has 3 N–H and O–H groups in total. The lowest BCUT2D eigenvalue weighted by Crippen LogP contribution is -2.47. The number of aryl methyl sites for hydroxylation is 2. The normalized spacial score (nSPS) is 21.9. The number of hydrogen-bond donors (Lipinski definition) is 2. The van der Waals surface area contributed by atoms with Gasteiger partial charge in [0, 0.05) is 18.6 Å². The first-order valence-corrected chi connectivity index (χ1v) is 7.92. The van der Waals surface area contributed by atoms with Crippen molar-refractivity contribution in [1.29, 1.82) is 0 Å². The molecule has 2 rings (SSSR count). The smallest absolute Gasteiger partial charge is 0.266 e. The Hall–Kier alpha value is -1.47. The number of nitrogens with one attached hydrogen (secondary N) is 1. The summed E-state index contributed by atoms with van der Waals surface area (Å²) in [5.41, 5.74) is 6.67. The Kier molecular flexibility index (Phi) is 4.63. The highest BCUT2D eigenvalue weighted by Crippen LogP contribution is 2.25. The zero-order valence-corrected chi connectivity index (χ0v) is 13.7. The molecule has 2 amide bonds. The number of amides is 2. The van der Waals surface area contributed by atoms with E-state index in [4.69, 9.17) is 5.73 Å². The standard InChI is InChI=1S/C14H22N4O2S/c1-7(2)16-13(19)11-5-10(15)6-18(11)14(20)12-8(3)17-9(4)21-12/h7,10-11H,5-6,15H2,1-4H3,(H,16,19)/t10-,11-/m0/s1. The number of nitrogens with two attached hydrogens (primary N) is 1. The third-order valence-corrected chi connectivity index (χ3v) is 4.49. The Balaban J connectivity index is 2.21. The molecule has 0 aliphatic carbocycles. The van der Waals surface area contributed by atoms with Crippen LogP contribution in [0.25, 0.3) is 0 Å². The predicted octanol–water partition coefficient (Wildman–Crippen LogP) is 0.826. The van der Waals surface area contributed by atoms with Crippen molar-refractivity contribution in [3.05, 3.63) is 15.6 Å². The first-order chi connectivity index (χ1) is 9.79. The number of rotatable bonds is 3. The van der Waals surface area contributed by atoms with E-state index in [-0.39, 0.29) is 23.9 Å². The molecule has 1 saturated heterocycles. The molecule has 1 aliphatic rings. The van der Waals surface area contributed by atoms with Crippen molar-refractivity contribution >= 4 is 23.2 Å². The van der Waals surface area contributed by atoms with Crippen molar-refractivity contribution in [2.45, 2.75) is 52.2 Å². The molecule has 1 fully saturated rings. The lowest BCUT2D eigenvalue weighted by atomic mass is 10.1. The summed E-state index contributed by atoms with van der Waals surface area (Å²) >= 11 is 1.36. The van der Waals surface area contributed by atoms with E-state index in [0.717, 1.165) is 5.01 Å². The maximum atomic E-state index is 12.7. The molecule has 2 heterocycles. The van der Waals surface area contributed by atoms with Crippen LogP contribution in [0.4, 0.5) is 0 Å². The zero-order chi connectivity index (χ0) is 15.7. The molecule has 0 saturated carbocycles. The molecule has 2 atom stereocenters. The Labute approximate surface area is 128 Å². The van der Waals surface area contributed by atoms with E-state index in [1.807, 2.05) is 27.7 Å². The third kappa shape index (κ3) is 3.41. The van der Waals surface area contributed by atoms with E-state index in [2.05, 4.69) is 10.3 Å². The number of thiazole rings is 1. The molecule has 0 bridgehead atoms. The largest absolute Gasteiger partial charge is 0.352 e. The molecular weight excluding hydrogens is 288 g/mol. The Bertz CT molecular complexity index is 555. The van der Waals surface area contributed by atoms with Gasteiger partial charge < -0.3 is 16.0 Å². The third-order valence-electron chi connectivity index (χ3n) is 3.43. The summed E-state index contributed by atoms with van der Waals surface area (Å²) in [4.78, 5) is 31.4. The van der Waals surface area contributed by atoms with Crippen LogP contribution >= 0.6 is 11.3 Å². The number of nitrogens with zero attached hydrogens (tertiary/aromatic N) is 2. The zero-order valence-electron chi connectivity index (χ0n) is 12.8. The van der Waals surface area contributed by atoms with Crippen molar-refractivity contribution in [2.75, 3.05) is 6.54 Å². The van der Waals surface area contributed by atoms with Crippen molar-refractivity contribution < 1.29 is 9.59 Å². The van der Waals surface area contributed by atoms with Gasteiger partial charge in [-0.25, -0.2) is 4.98 Å². The van der Waals surface area contributed by atoms with Crippen LogP contribution in [0.3, 0.4) is 0 Å². The van der Waals surface area contributed by atoms with E-state index in [1.165, 1.54) is 11.3 Å². The Morgan fingerprint density at radius 1 is 1.43 bits per heavy atom. The van der Waals surface area contributed by atoms with Gasteiger partial charge in [-0.2, -0.15) is 0 Å². The number of carbonyl (C=O) groups excluding carboxylic acids is 2. The lowest BCUT2D eigenvalue weighted by molar-refractivity contribution is -0.125. The first kappa shape index (κ1) is 15.9. The minimum atomic E-state index is -0.489. The first-order valence-electron chi connectivity index (χ1n) is 7.10. The van der Waals surface area contributed by atoms with Crippen LogP contribution in [0.1, 0.15) is 40.6 Å². The van der Waals surface area contributed by atoms with Gasteiger partial charge in [0.05, 0.1) is 10.7 Å². The van der Waals surface area contributed by atoms with Crippen LogP contribution in [0, 0.1) is 13.8 Å². The molecular formula is C14H22N4O2S. The minimum Gasteiger partial charge on any atom is -0.352 e. The van der Waals surface area contributed by atoms with Crippen molar-refractivity contribution in [2.24, 2.45) is 5.73 Å². The monoisotopic (exact) mass is 310 g/mol. The minimum absolute atomic E-state index is 0.0404. The Morgan fingerprint density at radius 2 is 2.10 bits per heavy atom. The summed E-state index contributed by atoms with van der Waals surface area (Å²) < 4.78 is 0. The molecule has 1 aromatic heterocycles. The van der Waals surface area contributed by atoms with Crippen LogP contribution < -0.4 is 11.1 Å². The average molecular weight is 310 g/mol. The topological polar surface area (TPSA) is 88.3 Å². The number of aromatic nitrogens is 1. The van der Waals surface area contributed by atoms with Crippen molar-refractivity contribution in [1.82, 2.24) is 15.2 Å². The van der Waals surface area contributed by atoms with Crippen LogP contribution in [0.2, 0.25) is 0 Å². The second kappa shape index (κ2) is 6.11. The van der Waals surface area contributed by atoms with E-state index < -0.39 is 6.04 Å². The molecule has 6 nitrogen and oxygen atoms in total. The molecule has 116 valence electrons. The van der Waals surface area contributed by atoms with Gasteiger partial charge in [0.2, 0.25) is 5.91 Å². The lowest BCUT2D eigenvalue weighted by Gasteiger charge is -2.24. The van der Waals surface area contributed by atoms with Crippen LogP contribution in [0.5, 0.6) is 0 Å². The summed E-state index contributed by atoms with van der Waals surface area (Å²) in [7, 11) is 0. The molecule has 0 unspecified atom stereocenters. The summed E-state index contributed by atoms with van der Waals surface area (Å²) in [6.45, 7) is 7.89. The fourth-order valence-electron chi connectivity index (χ4n) is 2.58. The van der Waals surface area contributed by atoms with Gasteiger partial charge >= 0.3 is 0 Å². The number of likely N-dealkylation sites (tertiary alicyclic amines) is 1. The highest BCUT2D eigenvalue weighted by molar-refractivity contribution is 7.13. The fourth-order valence-corrected chi connectivity index (χ4v) is 3.46. The van der Waals surface area contributed by atoms with Crippen molar-refractivity contribution in [3.63, 3.8) is 0 Å². The van der Waals surface area contributed by atoms with Gasteiger partial charge in [-0.05, 0) is 34.1 Å². The summed E-state index contributed by atoms with van der Waals surface area (Å²) in [6, 6.07) is -0.610. The second-order valence-corrected chi connectivity index (χ2v) is 6.98. The van der Waals surface area contributed by atoms with Crippen LogP contribution in [0.15, 0.2) is 0 Å². The van der Waals surface area contributed by atoms with Gasteiger partial charge in [-0.15, -0.1) is 11.3 Å². The molecule has 1 aromatic rings. The van der Waals surface area contributed by atoms with Crippen LogP contribution in [-0.2, 0) is 4.79 Å². The molecule has 0 radical (unpaired) electrons.